The Balaban J connectivity index is 1.43. The Kier molecular flexibility index (Phi) is 6.23. The SMILES string of the molecule is COc1ccc(Oc2cc(N3CCN(C(=O)c4ccccc4Cl)C(C)C3)ncn2)cc1. The first kappa shape index (κ1) is 20.9. The van der Waals surface area contributed by atoms with Gasteiger partial charge >= 0.3 is 0 Å². The first-order chi connectivity index (χ1) is 15.0. The maximum atomic E-state index is 12.9. The molecular formula is C23H23ClN4O3. The summed E-state index contributed by atoms with van der Waals surface area (Å²) in [5.74, 6) is 2.58. The molecule has 4 rings (SSSR count). The zero-order valence-corrected chi connectivity index (χ0v) is 18.1. The summed E-state index contributed by atoms with van der Waals surface area (Å²) in [6.07, 6.45) is 1.49. The van der Waals surface area contributed by atoms with Crippen molar-refractivity contribution >= 4 is 23.3 Å². The second-order valence-corrected chi connectivity index (χ2v) is 7.67. The minimum atomic E-state index is -0.0519. The van der Waals surface area contributed by atoms with Crippen LogP contribution in [0, 0.1) is 0 Å². The monoisotopic (exact) mass is 438 g/mol. The van der Waals surface area contributed by atoms with Crippen molar-refractivity contribution in [2.45, 2.75) is 13.0 Å². The highest BCUT2D eigenvalue weighted by Gasteiger charge is 2.29. The van der Waals surface area contributed by atoms with Gasteiger partial charge in [0, 0.05) is 31.7 Å². The predicted molar refractivity (Wildman–Crippen MR) is 119 cm³/mol. The Morgan fingerprint density at radius 3 is 2.52 bits per heavy atom. The van der Waals surface area contributed by atoms with Crippen molar-refractivity contribution in [2.75, 3.05) is 31.6 Å². The second kappa shape index (κ2) is 9.22. The van der Waals surface area contributed by atoms with E-state index >= 15 is 0 Å². The molecule has 2 aromatic carbocycles. The molecule has 1 saturated heterocycles. The average molecular weight is 439 g/mol. The smallest absolute Gasteiger partial charge is 0.255 e. The van der Waals surface area contributed by atoms with E-state index in [1.165, 1.54) is 6.33 Å². The van der Waals surface area contributed by atoms with Gasteiger partial charge in [-0.25, -0.2) is 9.97 Å². The van der Waals surface area contributed by atoms with E-state index in [9.17, 15) is 4.79 Å². The number of carbonyl (C=O) groups is 1. The third-order valence-electron chi connectivity index (χ3n) is 5.23. The summed E-state index contributed by atoms with van der Waals surface area (Å²) in [6, 6.07) is 16.2. The average Bonchev–Trinajstić information content (AvgIpc) is 2.79. The maximum Gasteiger partial charge on any atom is 0.255 e. The maximum absolute atomic E-state index is 12.9. The number of halogens is 1. The van der Waals surface area contributed by atoms with Crippen molar-refractivity contribution in [2.24, 2.45) is 0 Å². The van der Waals surface area contributed by atoms with E-state index in [0.29, 0.717) is 41.8 Å². The lowest BCUT2D eigenvalue weighted by Gasteiger charge is -2.40. The fourth-order valence-corrected chi connectivity index (χ4v) is 3.80. The molecule has 3 aromatic rings. The van der Waals surface area contributed by atoms with E-state index < -0.39 is 0 Å². The summed E-state index contributed by atoms with van der Waals surface area (Å²) in [4.78, 5) is 25.5. The van der Waals surface area contributed by atoms with Crippen LogP contribution in [0.15, 0.2) is 60.9 Å². The lowest BCUT2D eigenvalue weighted by atomic mass is 10.1. The van der Waals surface area contributed by atoms with E-state index in [2.05, 4.69) is 14.9 Å². The van der Waals surface area contributed by atoms with Crippen molar-refractivity contribution in [1.82, 2.24) is 14.9 Å². The summed E-state index contributed by atoms with van der Waals surface area (Å²) in [5.41, 5.74) is 0.529. The first-order valence-electron chi connectivity index (χ1n) is 9.99. The number of hydrogen-bond acceptors (Lipinski definition) is 6. The van der Waals surface area contributed by atoms with Crippen LogP contribution in [0.1, 0.15) is 17.3 Å². The van der Waals surface area contributed by atoms with Crippen LogP contribution in [0.2, 0.25) is 5.02 Å². The van der Waals surface area contributed by atoms with Crippen molar-refractivity contribution in [3.63, 3.8) is 0 Å². The van der Waals surface area contributed by atoms with Crippen molar-refractivity contribution in [3.05, 3.63) is 71.5 Å². The Morgan fingerprint density at radius 2 is 1.81 bits per heavy atom. The molecule has 1 aromatic heterocycles. The van der Waals surface area contributed by atoms with Gasteiger partial charge in [-0.1, -0.05) is 23.7 Å². The molecular weight excluding hydrogens is 416 g/mol. The highest BCUT2D eigenvalue weighted by Crippen LogP contribution is 2.26. The fraction of sp³-hybridized carbons (Fsp3) is 0.261. The van der Waals surface area contributed by atoms with Crippen LogP contribution >= 0.6 is 11.6 Å². The van der Waals surface area contributed by atoms with Gasteiger partial charge in [-0.05, 0) is 43.3 Å². The van der Waals surface area contributed by atoms with Crippen molar-refractivity contribution < 1.29 is 14.3 Å². The Hall–Kier alpha value is -3.32. The number of amides is 1. The molecule has 8 heteroatoms. The normalized spacial score (nSPS) is 16.2. The van der Waals surface area contributed by atoms with Gasteiger partial charge in [-0.3, -0.25) is 4.79 Å². The summed E-state index contributed by atoms with van der Waals surface area (Å²) < 4.78 is 11.0. The molecule has 0 bridgehead atoms. The Labute approximate surface area is 186 Å². The van der Waals surface area contributed by atoms with Gasteiger partial charge in [-0.15, -0.1) is 0 Å². The number of anilines is 1. The van der Waals surface area contributed by atoms with Crippen LogP contribution in [0.5, 0.6) is 17.4 Å². The number of rotatable bonds is 5. The second-order valence-electron chi connectivity index (χ2n) is 7.27. The largest absolute Gasteiger partial charge is 0.497 e. The molecule has 31 heavy (non-hydrogen) atoms. The highest BCUT2D eigenvalue weighted by atomic mass is 35.5. The quantitative estimate of drug-likeness (QED) is 0.592. The first-order valence-corrected chi connectivity index (χ1v) is 10.4. The van der Waals surface area contributed by atoms with Gasteiger partial charge in [0.05, 0.1) is 17.7 Å². The van der Waals surface area contributed by atoms with E-state index in [1.54, 1.807) is 19.2 Å². The van der Waals surface area contributed by atoms with Gasteiger partial charge in [0.1, 0.15) is 23.6 Å². The van der Waals surface area contributed by atoms with Gasteiger partial charge in [0.25, 0.3) is 5.91 Å². The molecule has 1 fully saturated rings. The molecule has 1 unspecified atom stereocenters. The van der Waals surface area contributed by atoms with Gasteiger partial charge in [0.15, 0.2) is 0 Å². The van der Waals surface area contributed by atoms with Crippen molar-refractivity contribution in [3.8, 4) is 17.4 Å². The number of methoxy groups -OCH3 is 1. The lowest BCUT2D eigenvalue weighted by Crippen LogP contribution is -2.54. The highest BCUT2D eigenvalue weighted by molar-refractivity contribution is 6.33. The van der Waals surface area contributed by atoms with Crippen LogP contribution in [-0.4, -0.2) is 53.6 Å². The standard InChI is InChI=1S/C23H23ClN4O3/c1-16-14-27(11-12-28(16)23(29)19-5-3-4-6-20(19)24)21-13-22(26-15-25-21)31-18-9-7-17(30-2)8-10-18/h3-10,13,15-16H,11-12,14H2,1-2H3. The molecule has 1 atom stereocenters. The van der Waals surface area contributed by atoms with Crippen molar-refractivity contribution in [1.29, 1.82) is 0 Å². The molecule has 7 nitrogen and oxygen atoms in total. The molecule has 160 valence electrons. The number of aromatic nitrogens is 2. The van der Waals surface area contributed by atoms with E-state index in [0.717, 1.165) is 11.6 Å². The molecule has 1 amide bonds. The number of nitrogens with zero attached hydrogens (tertiary/aromatic N) is 4. The molecule has 0 saturated carbocycles. The fourth-order valence-electron chi connectivity index (χ4n) is 3.58. The van der Waals surface area contributed by atoms with Crippen LogP contribution in [0.3, 0.4) is 0 Å². The molecule has 0 N–H and O–H groups in total. The predicted octanol–water partition coefficient (Wildman–Crippen LogP) is 4.28. The number of ether oxygens (including phenoxy) is 2. The Bertz CT molecular complexity index is 1060. The third-order valence-corrected chi connectivity index (χ3v) is 5.56. The molecule has 0 spiro atoms. The minimum absolute atomic E-state index is 0.00144. The molecule has 1 aliphatic heterocycles. The molecule has 1 aliphatic rings. The number of carbonyl (C=O) groups excluding carboxylic acids is 1. The number of benzene rings is 2. The van der Waals surface area contributed by atoms with E-state index in [-0.39, 0.29) is 11.9 Å². The van der Waals surface area contributed by atoms with Crippen LogP contribution in [0.25, 0.3) is 0 Å². The van der Waals surface area contributed by atoms with E-state index in [1.807, 2.05) is 54.3 Å². The molecule has 0 radical (unpaired) electrons. The van der Waals surface area contributed by atoms with Crippen LogP contribution in [0.4, 0.5) is 5.82 Å². The summed E-state index contributed by atoms with van der Waals surface area (Å²) in [6.45, 7) is 3.90. The zero-order valence-electron chi connectivity index (χ0n) is 17.4. The zero-order chi connectivity index (χ0) is 21.8. The summed E-state index contributed by atoms with van der Waals surface area (Å²) in [7, 11) is 1.62. The lowest BCUT2D eigenvalue weighted by molar-refractivity contribution is 0.0674. The van der Waals surface area contributed by atoms with Crippen LogP contribution < -0.4 is 14.4 Å². The van der Waals surface area contributed by atoms with E-state index in [4.69, 9.17) is 21.1 Å². The third kappa shape index (κ3) is 4.72. The number of piperazine rings is 1. The van der Waals surface area contributed by atoms with Gasteiger partial charge in [0.2, 0.25) is 5.88 Å². The topological polar surface area (TPSA) is 67.8 Å². The van der Waals surface area contributed by atoms with Crippen LogP contribution in [-0.2, 0) is 0 Å². The molecule has 0 aliphatic carbocycles. The molecule has 2 heterocycles. The Morgan fingerprint density at radius 1 is 1.06 bits per heavy atom. The summed E-state index contributed by atoms with van der Waals surface area (Å²) in [5, 5.41) is 0.471. The minimum Gasteiger partial charge on any atom is -0.497 e. The summed E-state index contributed by atoms with van der Waals surface area (Å²) >= 11 is 6.22. The van der Waals surface area contributed by atoms with Gasteiger partial charge < -0.3 is 19.3 Å². The number of hydrogen-bond donors (Lipinski definition) is 0. The van der Waals surface area contributed by atoms with Gasteiger partial charge in [-0.2, -0.15) is 0 Å².